The molecule has 1 atom stereocenters. The van der Waals surface area contributed by atoms with Gasteiger partial charge >= 0.3 is 0 Å². The number of hydrogen-bond donors (Lipinski definition) is 1. The van der Waals surface area contributed by atoms with Gasteiger partial charge in [-0.2, -0.15) is 0 Å². The number of nitrogens with one attached hydrogen (secondary N) is 1. The Morgan fingerprint density at radius 2 is 1.65 bits per heavy atom. The largest absolute Gasteiger partial charge is 0.494 e. The zero-order chi connectivity index (χ0) is 27.6. The molecule has 0 heterocycles. The Labute approximate surface area is 226 Å². The monoisotopic (exact) mass is 551 g/mol. The van der Waals surface area contributed by atoms with Crippen LogP contribution in [0.5, 0.6) is 5.75 Å². The highest BCUT2D eigenvalue weighted by Gasteiger charge is 2.29. The molecular formula is C27H38ClN3O5S. The maximum atomic E-state index is 13.4. The topological polar surface area (TPSA) is 96.0 Å². The van der Waals surface area contributed by atoms with Crippen LogP contribution in [0, 0.1) is 0 Å². The molecule has 1 N–H and O–H groups in total. The summed E-state index contributed by atoms with van der Waals surface area (Å²) < 4.78 is 31.7. The molecule has 0 unspecified atom stereocenters. The van der Waals surface area contributed by atoms with Crippen LogP contribution in [-0.4, -0.2) is 56.6 Å². The van der Waals surface area contributed by atoms with Crippen molar-refractivity contribution >= 4 is 39.1 Å². The molecule has 0 fully saturated rings. The van der Waals surface area contributed by atoms with Crippen LogP contribution < -0.4 is 14.4 Å². The fraction of sp³-hybridized carbons (Fsp3) is 0.481. The second kappa shape index (κ2) is 14.2. The molecule has 0 aromatic heterocycles. The van der Waals surface area contributed by atoms with Gasteiger partial charge in [-0.05, 0) is 75.6 Å². The van der Waals surface area contributed by atoms with Gasteiger partial charge in [-0.25, -0.2) is 8.42 Å². The van der Waals surface area contributed by atoms with Crippen molar-refractivity contribution in [1.29, 1.82) is 0 Å². The normalized spacial score (nSPS) is 12.2. The van der Waals surface area contributed by atoms with Crippen LogP contribution in [0.2, 0.25) is 5.02 Å². The van der Waals surface area contributed by atoms with E-state index in [0.29, 0.717) is 35.9 Å². The van der Waals surface area contributed by atoms with Gasteiger partial charge in [-0.1, -0.05) is 30.7 Å². The third-order valence-corrected chi connectivity index (χ3v) is 7.12. The molecule has 8 nitrogen and oxygen atoms in total. The summed E-state index contributed by atoms with van der Waals surface area (Å²) >= 11 is 6.01. The molecule has 0 aliphatic carbocycles. The summed E-state index contributed by atoms with van der Waals surface area (Å²) in [7, 11) is -3.57. The zero-order valence-corrected chi connectivity index (χ0v) is 23.8. The lowest BCUT2D eigenvalue weighted by molar-refractivity contribution is -0.141. The van der Waals surface area contributed by atoms with Gasteiger partial charge in [0.2, 0.25) is 21.8 Å². The van der Waals surface area contributed by atoms with Crippen molar-refractivity contribution in [2.75, 3.05) is 23.7 Å². The molecular weight excluding hydrogens is 514 g/mol. The summed E-state index contributed by atoms with van der Waals surface area (Å²) in [5, 5.41) is 3.49. The van der Waals surface area contributed by atoms with Crippen LogP contribution in [-0.2, 0) is 26.2 Å². The first-order chi connectivity index (χ1) is 17.5. The standard InChI is InChI=1S/C27H38ClN3O5S/c1-6-25(27(33)29-20(3)4)30(19-21-10-12-22(28)13-11-21)26(32)9-8-18-31(37(5,34)35)23-14-16-24(17-15-23)36-7-2/h10-17,20,25H,6-9,18-19H2,1-5H3,(H,29,33)/t25-/m1/s1. The lowest BCUT2D eigenvalue weighted by atomic mass is 10.1. The second-order valence-electron chi connectivity index (χ2n) is 9.10. The SMILES string of the molecule is CCOc1ccc(N(CCCC(=O)N(Cc2ccc(Cl)cc2)[C@H](CC)C(=O)NC(C)C)S(C)(=O)=O)cc1. The number of benzene rings is 2. The number of rotatable bonds is 14. The Kier molecular flexibility index (Phi) is 11.7. The van der Waals surface area contributed by atoms with E-state index in [-0.39, 0.29) is 37.4 Å². The van der Waals surface area contributed by atoms with Crippen LogP contribution in [0.3, 0.4) is 0 Å². The van der Waals surface area contributed by atoms with Gasteiger partial charge in [0.15, 0.2) is 0 Å². The van der Waals surface area contributed by atoms with E-state index in [4.69, 9.17) is 16.3 Å². The summed E-state index contributed by atoms with van der Waals surface area (Å²) in [5.41, 5.74) is 1.35. The quantitative estimate of drug-likeness (QED) is 0.370. The van der Waals surface area contributed by atoms with E-state index >= 15 is 0 Å². The summed E-state index contributed by atoms with van der Waals surface area (Å²) in [4.78, 5) is 27.9. The minimum Gasteiger partial charge on any atom is -0.494 e. The molecule has 0 aliphatic heterocycles. The number of amides is 2. The minimum absolute atomic E-state index is 0.0635. The third-order valence-electron chi connectivity index (χ3n) is 5.67. The fourth-order valence-corrected chi connectivity index (χ4v) is 5.06. The number of carbonyl (C=O) groups excluding carboxylic acids is 2. The number of anilines is 1. The van der Waals surface area contributed by atoms with Crippen molar-refractivity contribution in [3.8, 4) is 5.75 Å². The number of nitrogens with zero attached hydrogens (tertiary/aromatic N) is 2. The van der Waals surface area contributed by atoms with Crippen LogP contribution in [0.4, 0.5) is 5.69 Å². The van der Waals surface area contributed by atoms with E-state index in [0.717, 1.165) is 11.8 Å². The molecule has 2 aromatic carbocycles. The van der Waals surface area contributed by atoms with E-state index in [1.807, 2.05) is 39.8 Å². The van der Waals surface area contributed by atoms with Crippen molar-refractivity contribution < 1.29 is 22.7 Å². The molecule has 10 heteroatoms. The zero-order valence-electron chi connectivity index (χ0n) is 22.2. The highest BCUT2D eigenvalue weighted by molar-refractivity contribution is 7.92. The second-order valence-corrected chi connectivity index (χ2v) is 11.4. The van der Waals surface area contributed by atoms with E-state index in [1.165, 1.54) is 4.31 Å². The molecule has 0 saturated heterocycles. The van der Waals surface area contributed by atoms with Crippen molar-refractivity contribution in [1.82, 2.24) is 10.2 Å². The van der Waals surface area contributed by atoms with Gasteiger partial charge in [0.25, 0.3) is 0 Å². The maximum Gasteiger partial charge on any atom is 0.243 e. The molecule has 2 rings (SSSR count). The number of hydrogen-bond acceptors (Lipinski definition) is 5. The van der Waals surface area contributed by atoms with Gasteiger partial charge in [-0.3, -0.25) is 13.9 Å². The first-order valence-electron chi connectivity index (χ1n) is 12.5. The molecule has 0 radical (unpaired) electrons. The maximum absolute atomic E-state index is 13.4. The van der Waals surface area contributed by atoms with Crippen molar-refractivity contribution in [2.24, 2.45) is 0 Å². The number of sulfonamides is 1. The molecule has 0 spiro atoms. The van der Waals surface area contributed by atoms with Crippen molar-refractivity contribution in [2.45, 2.75) is 65.6 Å². The summed E-state index contributed by atoms with van der Waals surface area (Å²) in [6.45, 7) is 8.37. The number of halogens is 1. The van der Waals surface area contributed by atoms with Crippen LogP contribution in [0.15, 0.2) is 48.5 Å². The molecule has 0 bridgehead atoms. The first kappa shape index (κ1) is 30.4. The van der Waals surface area contributed by atoms with Gasteiger partial charge in [0, 0.05) is 30.6 Å². The van der Waals surface area contributed by atoms with Crippen LogP contribution >= 0.6 is 11.6 Å². The average molecular weight is 552 g/mol. The smallest absolute Gasteiger partial charge is 0.243 e. The van der Waals surface area contributed by atoms with E-state index in [1.54, 1.807) is 41.3 Å². The van der Waals surface area contributed by atoms with E-state index in [9.17, 15) is 18.0 Å². The average Bonchev–Trinajstić information content (AvgIpc) is 2.82. The van der Waals surface area contributed by atoms with Crippen molar-refractivity contribution in [3.63, 3.8) is 0 Å². The predicted octanol–water partition coefficient (Wildman–Crippen LogP) is 4.62. The highest BCUT2D eigenvalue weighted by Crippen LogP contribution is 2.23. The van der Waals surface area contributed by atoms with Gasteiger partial charge in [0.05, 0.1) is 18.6 Å². The Hall–Kier alpha value is -2.78. The van der Waals surface area contributed by atoms with E-state index < -0.39 is 16.1 Å². The fourth-order valence-electron chi connectivity index (χ4n) is 3.97. The summed E-state index contributed by atoms with van der Waals surface area (Å²) in [6.07, 6.45) is 1.96. The lowest BCUT2D eigenvalue weighted by Crippen LogP contribution is -2.50. The number of carbonyl (C=O) groups is 2. The molecule has 0 aliphatic rings. The molecule has 204 valence electrons. The minimum atomic E-state index is -3.57. The summed E-state index contributed by atoms with van der Waals surface area (Å²) in [5.74, 6) is 0.214. The van der Waals surface area contributed by atoms with Gasteiger partial charge in [-0.15, -0.1) is 0 Å². The van der Waals surface area contributed by atoms with Crippen LogP contribution in [0.25, 0.3) is 0 Å². The van der Waals surface area contributed by atoms with Gasteiger partial charge in [0.1, 0.15) is 11.8 Å². The Bertz CT molecular complexity index is 1120. The molecule has 37 heavy (non-hydrogen) atoms. The predicted molar refractivity (Wildman–Crippen MR) is 148 cm³/mol. The lowest BCUT2D eigenvalue weighted by Gasteiger charge is -2.31. The molecule has 2 amide bonds. The molecule has 2 aromatic rings. The van der Waals surface area contributed by atoms with E-state index in [2.05, 4.69) is 5.32 Å². The van der Waals surface area contributed by atoms with Crippen LogP contribution in [0.1, 0.15) is 52.5 Å². The first-order valence-corrected chi connectivity index (χ1v) is 14.7. The Balaban J connectivity index is 2.19. The van der Waals surface area contributed by atoms with Gasteiger partial charge < -0.3 is 15.0 Å². The molecule has 0 saturated carbocycles. The number of ether oxygens (including phenoxy) is 1. The Morgan fingerprint density at radius 3 is 2.16 bits per heavy atom. The third kappa shape index (κ3) is 9.55. The Morgan fingerprint density at radius 1 is 1.03 bits per heavy atom. The van der Waals surface area contributed by atoms with Crippen molar-refractivity contribution in [3.05, 3.63) is 59.1 Å². The summed E-state index contributed by atoms with van der Waals surface area (Å²) in [6, 6.07) is 13.2. The highest BCUT2D eigenvalue weighted by atomic mass is 35.5.